The van der Waals surface area contributed by atoms with Crippen molar-refractivity contribution in [2.75, 3.05) is 0 Å². The summed E-state index contributed by atoms with van der Waals surface area (Å²) in [5.74, 6) is 0. The molecule has 130 valence electrons. The second-order valence-electron chi connectivity index (χ2n) is 7.45. The molecule has 0 fully saturated rings. The van der Waals surface area contributed by atoms with Gasteiger partial charge in [0.2, 0.25) is 0 Å². The normalized spacial score (nSPS) is 32.6. The maximum Gasteiger partial charge on any atom is 2.00 e. The average Bonchev–Trinajstić information content (AvgIpc) is 3.30. The van der Waals surface area contributed by atoms with Crippen LogP contribution in [0.2, 0.25) is 0 Å². The van der Waals surface area contributed by atoms with Crippen LogP contribution in [0.4, 0.5) is 0 Å². The Morgan fingerprint density at radius 2 is 1.15 bits per heavy atom. The molecule has 0 aliphatic heterocycles. The van der Waals surface area contributed by atoms with Crippen molar-refractivity contribution in [3.05, 3.63) is 120 Å². The third-order valence-corrected chi connectivity index (χ3v) is 6.14. The molecule has 0 amide bonds. The summed E-state index contributed by atoms with van der Waals surface area (Å²) in [4.78, 5) is 0. The molecule has 2 spiro atoms. The predicted octanol–water partition coefficient (Wildman–Crippen LogP) is 6.23. The van der Waals surface area contributed by atoms with Gasteiger partial charge >= 0.3 is 26.2 Å². The molecule has 2 atom stereocenters. The molecular formula is C26H22Zr. The summed E-state index contributed by atoms with van der Waals surface area (Å²) in [5.41, 5.74) is 5.89. The van der Waals surface area contributed by atoms with Gasteiger partial charge in [0.25, 0.3) is 0 Å². The molecular weight excluding hydrogens is 404 g/mol. The Balaban J connectivity index is 0.000000129. The first-order valence-corrected chi connectivity index (χ1v) is 9.58. The van der Waals surface area contributed by atoms with Gasteiger partial charge in [-0.1, -0.05) is 71.9 Å². The second kappa shape index (κ2) is 7.36. The van der Waals surface area contributed by atoms with E-state index in [2.05, 4.69) is 97.2 Å². The van der Waals surface area contributed by atoms with Crippen molar-refractivity contribution >= 4 is 0 Å². The number of allylic oxidation sites excluding steroid dienone is 20. The molecule has 0 radical (unpaired) electrons. The van der Waals surface area contributed by atoms with E-state index in [4.69, 9.17) is 0 Å². The summed E-state index contributed by atoms with van der Waals surface area (Å²) >= 11 is 0. The van der Waals surface area contributed by atoms with E-state index < -0.39 is 0 Å². The summed E-state index contributed by atoms with van der Waals surface area (Å²) < 4.78 is 0. The zero-order valence-electron chi connectivity index (χ0n) is 15.4. The Morgan fingerprint density at radius 1 is 0.667 bits per heavy atom. The van der Waals surface area contributed by atoms with Crippen LogP contribution >= 0.6 is 0 Å². The third kappa shape index (κ3) is 2.92. The molecule has 0 aromatic heterocycles. The summed E-state index contributed by atoms with van der Waals surface area (Å²) in [6, 6.07) is 0. The minimum atomic E-state index is 0. The number of rotatable bonds is 0. The van der Waals surface area contributed by atoms with E-state index >= 15 is 0 Å². The maximum absolute atomic E-state index is 3.45. The Bertz CT molecular complexity index is 861. The Labute approximate surface area is 181 Å². The number of hydrogen-bond acceptors (Lipinski definition) is 0. The molecule has 2 unspecified atom stereocenters. The van der Waals surface area contributed by atoms with Crippen LogP contribution in [0.3, 0.4) is 0 Å². The quantitative estimate of drug-likeness (QED) is 0.403. The van der Waals surface area contributed by atoms with Gasteiger partial charge in [0.15, 0.2) is 0 Å². The van der Waals surface area contributed by atoms with Crippen LogP contribution in [0.15, 0.2) is 107 Å². The van der Waals surface area contributed by atoms with Crippen molar-refractivity contribution in [3.8, 4) is 0 Å². The van der Waals surface area contributed by atoms with Gasteiger partial charge in [-0.2, -0.15) is 11.1 Å². The molecule has 0 saturated carbocycles. The van der Waals surface area contributed by atoms with Gasteiger partial charge in [-0.15, -0.1) is 0 Å². The fourth-order valence-electron chi connectivity index (χ4n) is 4.80. The van der Waals surface area contributed by atoms with E-state index in [1.807, 2.05) is 0 Å². The SMILES string of the molecule is [C-]1=CC=C2CCC=C3C=CC=CC132.[C-]1=CC=C2CCC=C3C=CC=CC132.[Zr+2]. The molecule has 6 aliphatic carbocycles. The summed E-state index contributed by atoms with van der Waals surface area (Å²) in [5, 5.41) is 0. The molecule has 0 saturated heterocycles. The minimum Gasteiger partial charge on any atom is -0.257 e. The van der Waals surface area contributed by atoms with E-state index in [-0.39, 0.29) is 37.0 Å². The van der Waals surface area contributed by atoms with E-state index in [1.165, 1.54) is 48.0 Å². The monoisotopic (exact) mass is 424 g/mol. The van der Waals surface area contributed by atoms with Crippen LogP contribution in [-0.4, -0.2) is 0 Å². The topological polar surface area (TPSA) is 0 Å². The second-order valence-corrected chi connectivity index (χ2v) is 7.45. The molecule has 0 heterocycles. The van der Waals surface area contributed by atoms with Gasteiger partial charge in [-0.3, -0.25) is 12.2 Å². The van der Waals surface area contributed by atoms with Gasteiger partial charge in [0, 0.05) is 0 Å². The molecule has 6 aliphatic rings. The molecule has 0 aromatic rings. The van der Waals surface area contributed by atoms with E-state index in [0.29, 0.717) is 0 Å². The van der Waals surface area contributed by atoms with Crippen molar-refractivity contribution in [2.24, 2.45) is 10.8 Å². The Kier molecular flexibility index (Phi) is 5.08. The molecule has 0 N–H and O–H groups in total. The molecule has 0 aromatic carbocycles. The Morgan fingerprint density at radius 3 is 1.63 bits per heavy atom. The van der Waals surface area contributed by atoms with Crippen molar-refractivity contribution in [1.29, 1.82) is 0 Å². The molecule has 27 heavy (non-hydrogen) atoms. The van der Waals surface area contributed by atoms with E-state index in [1.54, 1.807) is 0 Å². The van der Waals surface area contributed by atoms with Crippen molar-refractivity contribution in [1.82, 2.24) is 0 Å². The molecule has 0 nitrogen and oxygen atoms in total. The predicted molar refractivity (Wildman–Crippen MR) is 108 cm³/mol. The fourth-order valence-corrected chi connectivity index (χ4v) is 4.80. The zero-order chi connectivity index (χ0) is 17.5. The first-order valence-electron chi connectivity index (χ1n) is 9.58. The van der Waals surface area contributed by atoms with Crippen LogP contribution in [0.5, 0.6) is 0 Å². The van der Waals surface area contributed by atoms with Gasteiger partial charge in [-0.05, 0) is 36.5 Å². The largest absolute Gasteiger partial charge is 2.00 e. The van der Waals surface area contributed by atoms with Gasteiger partial charge < -0.3 is 0 Å². The van der Waals surface area contributed by atoms with Crippen molar-refractivity contribution in [2.45, 2.75) is 25.7 Å². The average molecular weight is 426 g/mol. The van der Waals surface area contributed by atoms with Crippen LogP contribution in [0, 0.1) is 23.0 Å². The van der Waals surface area contributed by atoms with Crippen LogP contribution in [-0.2, 0) is 26.2 Å². The van der Waals surface area contributed by atoms with Gasteiger partial charge in [0.1, 0.15) is 0 Å². The fraction of sp³-hybridized carbons (Fsp3) is 0.231. The summed E-state index contributed by atoms with van der Waals surface area (Å²) in [7, 11) is 0. The third-order valence-electron chi connectivity index (χ3n) is 6.14. The maximum atomic E-state index is 3.45. The zero-order valence-corrected chi connectivity index (χ0v) is 17.9. The van der Waals surface area contributed by atoms with E-state index in [9.17, 15) is 0 Å². The smallest absolute Gasteiger partial charge is 0.257 e. The van der Waals surface area contributed by atoms with Crippen molar-refractivity contribution in [3.63, 3.8) is 0 Å². The summed E-state index contributed by atoms with van der Waals surface area (Å²) in [6.45, 7) is 0. The van der Waals surface area contributed by atoms with Crippen molar-refractivity contribution < 1.29 is 26.2 Å². The van der Waals surface area contributed by atoms with Crippen LogP contribution in [0.1, 0.15) is 25.7 Å². The van der Waals surface area contributed by atoms with Crippen LogP contribution < -0.4 is 0 Å². The molecule has 6 rings (SSSR count). The standard InChI is InChI=1S/2C13H11.Zr/c2*1-2-9-13-10-4-8-12(13)7-3-6-11(13)5-1;/h2*1-2,4-6,8-9H,3,7H2;/q2*-1;+2. The first-order chi connectivity index (χ1) is 12.8. The van der Waals surface area contributed by atoms with Gasteiger partial charge in [0.05, 0.1) is 0 Å². The molecule has 0 bridgehead atoms. The minimum absolute atomic E-state index is 0. The molecule has 1 heteroatoms. The summed E-state index contributed by atoms with van der Waals surface area (Å²) in [6.07, 6.45) is 42.3. The van der Waals surface area contributed by atoms with E-state index in [0.717, 1.165) is 0 Å². The van der Waals surface area contributed by atoms with Gasteiger partial charge in [-0.25, -0.2) is 24.3 Å². The first kappa shape index (κ1) is 18.6. The number of hydrogen-bond donors (Lipinski definition) is 0. The Hall–Kier alpha value is -1.72. The van der Waals surface area contributed by atoms with Crippen LogP contribution in [0.25, 0.3) is 0 Å².